The summed E-state index contributed by atoms with van der Waals surface area (Å²) in [4.78, 5) is 23.4. The first-order valence-electron chi connectivity index (χ1n) is 9.79. The van der Waals surface area contributed by atoms with Gasteiger partial charge in [0.15, 0.2) is 0 Å². The fourth-order valence-corrected chi connectivity index (χ4v) is 3.51. The van der Waals surface area contributed by atoms with Gasteiger partial charge in [0, 0.05) is 0 Å². The Balaban J connectivity index is 1.65. The maximum Gasteiger partial charge on any atom is 0.308 e. The van der Waals surface area contributed by atoms with Crippen LogP contribution in [-0.4, -0.2) is 17.0 Å². The molecule has 0 aliphatic carbocycles. The molecule has 3 rings (SSSR count). The molecule has 3 aromatic rings. The van der Waals surface area contributed by atoms with Gasteiger partial charge < -0.3 is 9.84 Å². The first-order valence-corrected chi connectivity index (χ1v) is 9.79. The molecule has 0 aliphatic rings. The molecule has 0 aromatic heterocycles. The molecule has 0 heterocycles. The summed E-state index contributed by atoms with van der Waals surface area (Å²) in [5.74, 6) is -1.79. The average molecular weight is 378 g/mol. The van der Waals surface area contributed by atoms with Crippen molar-refractivity contribution in [2.75, 3.05) is 0 Å². The lowest BCUT2D eigenvalue weighted by Gasteiger charge is -2.14. The zero-order valence-electron chi connectivity index (χ0n) is 16.4. The molecule has 0 amide bonds. The molecule has 4 heteroatoms. The van der Waals surface area contributed by atoms with Gasteiger partial charge in [-0.15, -0.1) is 0 Å². The summed E-state index contributed by atoms with van der Waals surface area (Å²) in [6.07, 6.45) is 1.58. The summed E-state index contributed by atoms with van der Waals surface area (Å²) >= 11 is 0. The summed E-state index contributed by atoms with van der Waals surface area (Å²) in [5, 5.41) is 13.8. The highest BCUT2D eigenvalue weighted by molar-refractivity contribution is 6.07. The summed E-state index contributed by atoms with van der Waals surface area (Å²) < 4.78 is 5.49. The Kier molecular flexibility index (Phi) is 6.30. The number of aliphatic carboxylic acids is 1. The number of ether oxygens (including phenoxy) is 1. The number of rotatable bonds is 8. The van der Waals surface area contributed by atoms with Crippen LogP contribution >= 0.6 is 0 Å². The van der Waals surface area contributed by atoms with Crippen LogP contribution in [0, 0.1) is 11.8 Å². The molecule has 2 unspecified atom stereocenters. The second-order valence-corrected chi connectivity index (χ2v) is 7.37. The minimum absolute atomic E-state index is 0.221. The monoisotopic (exact) mass is 378 g/mol. The van der Waals surface area contributed by atoms with E-state index in [-0.39, 0.29) is 18.5 Å². The van der Waals surface area contributed by atoms with E-state index in [2.05, 4.69) is 30.3 Å². The van der Waals surface area contributed by atoms with Crippen molar-refractivity contribution in [1.29, 1.82) is 0 Å². The van der Waals surface area contributed by atoms with Crippen LogP contribution in [0.3, 0.4) is 0 Å². The van der Waals surface area contributed by atoms with Gasteiger partial charge >= 0.3 is 11.9 Å². The van der Waals surface area contributed by atoms with Crippen LogP contribution in [-0.2, 0) is 20.9 Å². The van der Waals surface area contributed by atoms with E-state index in [0.717, 1.165) is 16.3 Å². The maximum atomic E-state index is 12.3. The van der Waals surface area contributed by atoms with Crippen molar-refractivity contribution in [2.24, 2.45) is 11.8 Å². The molecule has 3 aromatic carbocycles. The topological polar surface area (TPSA) is 63.6 Å². The fourth-order valence-electron chi connectivity index (χ4n) is 3.51. The molecule has 0 saturated carbocycles. The normalized spacial score (nSPS) is 13.4. The Morgan fingerprint density at radius 3 is 2.36 bits per heavy atom. The SMILES string of the molecule is CCC(CCC(C)C(=O)OCc1ccc2ccc3ccccc3c2c1)C(=O)O. The number of esters is 1. The van der Waals surface area contributed by atoms with Gasteiger partial charge in [0.05, 0.1) is 11.8 Å². The first-order chi connectivity index (χ1) is 13.5. The Morgan fingerprint density at radius 1 is 0.964 bits per heavy atom. The third-order valence-corrected chi connectivity index (χ3v) is 5.38. The van der Waals surface area contributed by atoms with Gasteiger partial charge in [-0.25, -0.2) is 0 Å². The number of fused-ring (bicyclic) bond motifs is 3. The molecule has 2 atom stereocenters. The maximum absolute atomic E-state index is 12.3. The standard InChI is InChI=1S/C24H26O4/c1-3-18(23(25)26)10-8-16(2)24(27)28-15-17-9-11-20-13-12-19-6-4-5-7-21(19)22(20)14-17/h4-7,9,11-14,16,18H,3,8,10,15H2,1-2H3,(H,25,26). The molecular formula is C24H26O4. The van der Waals surface area contributed by atoms with E-state index in [0.29, 0.717) is 19.3 Å². The lowest BCUT2D eigenvalue weighted by molar-refractivity contribution is -0.150. The minimum atomic E-state index is -0.800. The molecule has 4 nitrogen and oxygen atoms in total. The zero-order chi connectivity index (χ0) is 20.1. The molecular weight excluding hydrogens is 352 g/mol. The zero-order valence-corrected chi connectivity index (χ0v) is 16.4. The number of carboxylic acids is 1. The molecule has 0 fully saturated rings. The van der Waals surface area contributed by atoms with E-state index >= 15 is 0 Å². The van der Waals surface area contributed by atoms with Crippen molar-refractivity contribution in [2.45, 2.75) is 39.7 Å². The molecule has 0 bridgehead atoms. The Hall–Kier alpha value is -2.88. The number of carbonyl (C=O) groups is 2. The van der Waals surface area contributed by atoms with Gasteiger partial charge in [-0.1, -0.05) is 62.4 Å². The van der Waals surface area contributed by atoms with E-state index in [9.17, 15) is 9.59 Å². The smallest absolute Gasteiger partial charge is 0.308 e. The Labute approximate surface area is 165 Å². The van der Waals surface area contributed by atoms with Crippen molar-refractivity contribution < 1.29 is 19.4 Å². The van der Waals surface area contributed by atoms with E-state index in [1.807, 2.05) is 31.2 Å². The highest BCUT2D eigenvalue weighted by Gasteiger charge is 2.20. The average Bonchev–Trinajstić information content (AvgIpc) is 2.71. The summed E-state index contributed by atoms with van der Waals surface area (Å²) in [6.45, 7) is 3.87. The predicted molar refractivity (Wildman–Crippen MR) is 111 cm³/mol. The third kappa shape index (κ3) is 4.50. The van der Waals surface area contributed by atoms with E-state index in [1.165, 1.54) is 10.8 Å². The largest absolute Gasteiger partial charge is 0.481 e. The highest BCUT2D eigenvalue weighted by atomic mass is 16.5. The minimum Gasteiger partial charge on any atom is -0.481 e. The van der Waals surface area contributed by atoms with Crippen LogP contribution in [0.1, 0.15) is 38.7 Å². The van der Waals surface area contributed by atoms with E-state index in [1.54, 1.807) is 6.92 Å². The molecule has 146 valence electrons. The van der Waals surface area contributed by atoms with Gasteiger partial charge in [-0.05, 0) is 52.4 Å². The molecule has 0 saturated heterocycles. The van der Waals surface area contributed by atoms with Crippen LogP contribution in [0.25, 0.3) is 21.5 Å². The molecule has 0 aliphatic heterocycles. The van der Waals surface area contributed by atoms with Crippen LogP contribution in [0.2, 0.25) is 0 Å². The van der Waals surface area contributed by atoms with Gasteiger partial charge in [-0.2, -0.15) is 0 Å². The van der Waals surface area contributed by atoms with Gasteiger partial charge in [0.2, 0.25) is 0 Å². The number of carbonyl (C=O) groups excluding carboxylic acids is 1. The summed E-state index contributed by atoms with van der Waals surface area (Å²) in [5.41, 5.74) is 0.946. The molecule has 28 heavy (non-hydrogen) atoms. The highest BCUT2D eigenvalue weighted by Crippen LogP contribution is 2.26. The predicted octanol–water partition coefficient (Wildman–Crippen LogP) is 5.56. The Bertz CT molecular complexity index is 992. The van der Waals surface area contributed by atoms with Crippen molar-refractivity contribution in [3.63, 3.8) is 0 Å². The quantitative estimate of drug-likeness (QED) is 0.411. The molecule has 0 radical (unpaired) electrons. The summed E-state index contributed by atoms with van der Waals surface area (Å²) in [7, 11) is 0. The Morgan fingerprint density at radius 2 is 1.64 bits per heavy atom. The second kappa shape index (κ2) is 8.87. The van der Waals surface area contributed by atoms with Crippen molar-refractivity contribution >= 4 is 33.5 Å². The van der Waals surface area contributed by atoms with Crippen molar-refractivity contribution in [3.05, 3.63) is 60.2 Å². The van der Waals surface area contributed by atoms with Crippen molar-refractivity contribution in [3.8, 4) is 0 Å². The third-order valence-electron chi connectivity index (χ3n) is 5.38. The van der Waals surface area contributed by atoms with E-state index in [4.69, 9.17) is 9.84 Å². The van der Waals surface area contributed by atoms with Crippen molar-refractivity contribution in [1.82, 2.24) is 0 Å². The van der Waals surface area contributed by atoms with Gasteiger partial charge in [0.25, 0.3) is 0 Å². The number of carboxylic acid groups (broad SMARTS) is 1. The molecule has 1 N–H and O–H groups in total. The second-order valence-electron chi connectivity index (χ2n) is 7.37. The number of benzene rings is 3. The number of hydrogen-bond donors (Lipinski definition) is 1. The fraction of sp³-hybridized carbons (Fsp3) is 0.333. The van der Waals surface area contributed by atoms with Crippen LogP contribution in [0.4, 0.5) is 0 Å². The van der Waals surface area contributed by atoms with E-state index < -0.39 is 11.9 Å². The summed E-state index contributed by atoms with van der Waals surface area (Å²) in [6, 6.07) is 18.5. The lowest BCUT2D eigenvalue weighted by atomic mass is 9.95. The van der Waals surface area contributed by atoms with Crippen LogP contribution in [0.15, 0.2) is 54.6 Å². The first kappa shape index (κ1) is 19.9. The number of hydrogen-bond acceptors (Lipinski definition) is 3. The van der Waals surface area contributed by atoms with Gasteiger partial charge in [-0.3, -0.25) is 9.59 Å². The lowest BCUT2D eigenvalue weighted by Crippen LogP contribution is -2.18. The van der Waals surface area contributed by atoms with Crippen LogP contribution < -0.4 is 0 Å². The van der Waals surface area contributed by atoms with Gasteiger partial charge in [0.1, 0.15) is 6.61 Å². The van der Waals surface area contributed by atoms with Crippen LogP contribution in [0.5, 0.6) is 0 Å². The molecule has 0 spiro atoms.